The van der Waals surface area contributed by atoms with Crippen molar-refractivity contribution in [3.05, 3.63) is 99.2 Å². The number of ether oxygens (including phenoxy) is 1. The van der Waals surface area contributed by atoms with Crippen molar-refractivity contribution in [2.75, 3.05) is 5.32 Å². The second kappa shape index (κ2) is 9.65. The summed E-state index contributed by atoms with van der Waals surface area (Å²) in [6, 6.07) is 10.6. The van der Waals surface area contributed by atoms with Crippen LogP contribution in [0.1, 0.15) is 27.0 Å². The molecule has 0 spiro atoms. The van der Waals surface area contributed by atoms with Crippen molar-refractivity contribution in [1.29, 1.82) is 0 Å². The molecule has 4 rings (SSSR count). The van der Waals surface area contributed by atoms with Gasteiger partial charge in [-0.15, -0.1) is 0 Å². The van der Waals surface area contributed by atoms with Gasteiger partial charge in [-0.25, -0.2) is 4.98 Å². The van der Waals surface area contributed by atoms with Crippen LogP contribution in [0.15, 0.2) is 66.9 Å². The monoisotopic (exact) mass is 535 g/mol. The molecular formula is C25H15F6N3O4. The topological polar surface area (TPSA) is 94.4 Å². The highest BCUT2D eigenvalue weighted by atomic mass is 19.4. The second-order valence-corrected chi connectivity index (χ2v) is 8.07. The number of alkyl halides is 6. The maximum atomic E-state index is 13.1. The number of aryl methyl sites for hydroxylation is 1. The molecule has 196 valence electrons. The summed E-state index contributed by atoms with van der Waals surface area (Å²) in [7, 11) is 0. The molecule has 0 saturated heterocycles. The molecule has 4 aromatic rings. The molecule has 0 saturated carbocycles. The number of hydrogen-bond donors (Lipinski definition) is 1. The zero-order valence-electron chi connectivity index (χ0n) is 19.1. The largest absolute Gasteiger partial charge is 0.456 e. The molecule has 1 heterocycles. The van der Waals surface area contributed by atoms with E-state index in [2.05, 4.69) is 10.3 Å². The predicted octanol–water partition coefficient (Wildman–Crippen LogP) is 7.53. The first kappa shape index (κ1) is 26.4. The first-order valence-electron chi connectivity index (χ1n) is 10.7. The molecule has 0 unspecified atom stereocenters. The van der Waals surface area contributed by atoms with Gasteiger partial charge in [-0.3, -0.25) is 14.9 Å². The molecule has 0 bridgehead atoms. The van der Waals surface area contributed by atoms with Crippen molar-refractivity contribution in [1.82, 2.24) is 4.98 Å². The summed E-state index contributed by atoms with van der Waals surface area (Å²) in [6.45, 7) is 1.59. The fraction of sp³-hybridized carbons (Fsp3) is 0.120. The van der Waals surface area contributed by atoms with E-state index in [-0.39, 0.29) is 34.5 Å². The Kier molecular flexibility index (Phi) is 6.70. The number of anilines is 1. The van der Waals surface area contributed by atoms with Gasteiger partial charge in [0.15, 0.2) is 5.52 Å². The molecule has 0 fully saturated rings. The highest BCUT2D eigenvalue weighted by Crippen LogP contribution is 2.37. The number of nitro groups is 1. The van der Waals surface area contributed by atoms with Gasteiger partial charge in [-0.2, -0.15) is 26.3 Å². The molecule has 0 aliphatic carbocycles. The second-order valence-electron chi connectivity index (χ2n) is 8.07. The number of rotatable bonds is 5. The number of halogens is 6. The quantitative estimate of drug-likeness (QED) is 0.162. The van der Waals surface area contributed by atoms with Crippen LogP contribution in [0.5, 0.6) is 11.5 Å². The number of aromatic nitrogens is 1. The SMILES string of the molecule is Cc1cc(NC(=O)c2cc(C(F)(F)F)cc(C(F)(F)F)c2)ccc1Oc1ccnc2c([N+](=O)[O-])cccc12. The highest BCUT2D eigenvalue weighted by Gasteiger charge is 2.37. The van der Waals surface area contributed by atoms with Gasteiger partial charge in [-0.05, 0) is 61.0 Å². The van der Waals surface area contributed by atoms with E-state index in [1.165, 1.54) is 42.6 Å². The minimum absolute atomic E-state index is 0.0650. The molecule has 3 aromatic carbocycles. The van der Waals surface area contributed by atoms with Crippen molar-refractivity contribution in [2.45, 2.75) is 19.3 Å². The van der Waals surface area contributed by atoms with Crippen LogP contribution in [0, 0.1) is 17.0 Å². The first-order valence-corrected chi connectivity index (χ1v) is 10.7. The molecule has 1 aromatic heterocycles. The number of non-ortho nitro benzene ring substituents is 1. The van der Waals surface area contributed by atoms with Crippen LogP contribution in [0.25, 0.3) is 10.9 Å². The summed E-state index contributed by atoms with van der Waals surface area (Å²) in [5.41, 5.74) is -3.62. The lowest BCUT2D eigenvalue weighted by molar-refractivity contribution is -0.383. The Morgan fingerprint density at radius 2 is 1.58 bits per heavy atom. The van der Waals surface area contributed by atoms with Gasteiger partial charge in [0.05, 0.1) is 21.4 Å². The normalized spacial score (nSPS) is 11.9. The maximum Gasteiger partial charge on any atom is 0.416 e. The summed E-state index contributed by atoms with van der Waals surface area (Å²) in [4.78, 5) is 27.3. The third-order valence-corrected chi connectivity index (χ3v) is 5.41. The number of nitrogens with zero attached hydrogens (tertiary/aromatic N) is 2. The van der Waals surface area contributed by atoms with Crippen molar-refractivity contribution in [2.24, 2.45) is 0 Å². The number of hydrogen-bond acceptors (Lipinski definition) is 5. The smallest absolute Gasteiger partial charge is 0.416 e. The number of carbonyl (C=O) groups is 1. The van der Waals surface area contributed by atoms with E-state index in [1.54, 1.807) is 13.0 Å². The Morgan fingerprint density at radius 3 is 2.16 bits per heavy atom. The van der Waals surface area contributed by atoms with Crippen LogP contribution >= 0.6 is 0 Å². The average molecular weight is 535 g/mol. The number of para-hydroxylation sites is 1. The van der Waals surface area contributed by atoms with Gasteiger partial charge in [-0.1, -0.05) is 6.07 Å². The fourth-order valence-corrected chi connectivity index (χ4v) is 3.62. The lowest BCUT2D eigenvalue weighted by atomic mass is 10.0. The first-order chi connectivity index (χ1) is 17.7. The van der Waals surface area contributed by atoms with Crippen molar-refractivity contribution < 1.29 is 40.8 Å². The number of carbonyl (C=O) groups excluding carboxylic acids is 1. The summed E-state index contributed by atoms with van der Waals surface area (Å²) in [5.74, 6) is -0.648. The zero-order chi connectivity index (χ0) is 27.8. The molecule has 7 nitrogen and oxygen atoms in total. The van der Waals surface area contributed by atoms with Gasteiger partial charge >= 0.3 is 12.4 Å². The molecule has 38 heavy (non-hydrogen) atoms. The third-order valence-electron chi connectivity index (χ3n) is 5.41. The number of amides is 1. The summed E-state index contributed by atoms with van der Waals surface area (Å²) >= 11 is 0. The predicted molar refractivity (Wildman–Crippen MR) is 124 cm³/mol. The molecule has 0 atom stereocenters. The number of pyridine rings is 1. The summed E-state index contributed by atoms with van der Waals surface area (Å²) in [6.07, 6.45) is -8.86. The van der Waals surface area contributed by atoms with E-state index in [9.17, 15) is 41.3 Å². The van der Waals surface area contributed by atoms with E-state index < -0.39 is 39.9 Å². The van der Waals surface area contributed by atoms with Crippen molar-refractivity contribution >= 4 is 28.2 Å². The van der Waals surface area contributed by atoms with E-state index in [0.29, 0.717) is 23.1 Å². The zero-order valence-corrected chi connectivity index (χ0v) is 19.1. The van der Waals surface area contributed by atoms with Gasteiger partial charge in [0.1, 0.15) is 11.5 Å². The third kappa shape index (κ3) is 5.51. The Labute approximate surface area is 209 Å². The lowest BCUT2D eigenvalue weighted by Gasteiger charge is -2.15. The number of benzene rings is 3. The van der Waals surface area contributed by atoms with Crippen LogP contribution in [0.4, 0.5) is 37.7 Å². The molecule has 0 aliphatic heterocycles. The van der Waals surface area contributed by atoms with Crippen molar-refractivity contribution in [3.63, 3.8) is 0 Å². The maximum absolute atomic E-state index is 13.1. The van der Waals surface area contributed by atoms with Gasteiger partial charge < -0.3 is 10.1 Å². The Morgan fingerprint density at radius 1 is 0.921 bits per heavy atom. The standard InChI is InChI=1S/C25H15F6N3O4/c1-13-9-17(33-23(35)14-10-15(24(26,27)28)12-16(11-14)25(29,30)31)5-6-20(13)38-21-7-8-32-22-18(21)3-2-4-19(22)34(36)37/h2-12H,1H3,(H,33,35). The van der Waals surface area contributed by atoms with Crippen LogP contribution in [0.2, 0.25) is 0 Å². The number of nitro benzene ring substituents is 1. The van der Waals surface area contributed by atoms with Crippen LogP contribution < -0.4 is 10.1 Å². The minimum Gasteiger partial charge on any atom is -0.456 e. The number of nitrogens with one attached hydrogen (secondary N) is 1. The van der Waals surface area contributed by atoms with E-state index in [1.807, 2.05) is 0 Å². The molecule has 1 N–H and O–H groups in total. The molecule has 0 radical (unpaired) electrons. The molecular weight excluding hydrogens is 520 g/mol. The number of fused-ring (bicyclic) bond motifs is 1. The van der Waals surface area contributed by atoms with Crippen LogP contribution in [0.3, 0.4) is 0 Å². The lowest BCUT2D eigenvalue weighted by Crippen LogP contribution is -2.17. The van der Waals surface area contributed by atoms with E-state index in [0.717, 1.165) is 0 Å². The van der Waals surface area contributed by atoms with Gasteiger partial charge in [0.2, 0.25) is 0 Å². The van der Waals surface area contributed by atoms with Gasteiger partial charge in [0.25, 0.3) is 11.6 Å². The summed E-state index contributed by atoms with van der Waals surface area (Å²) in [5, 5.41) is 13.9. The van der Waals surface area contributed by atoms with Gasteiger partial charge in [0, 0.05) is 23.5 Å². The average Bonchev–Trinajstić information content (AvgIpc) is 2.84. The highest BCUT2D eigenvalue weighted by molar-refractivity contribution is 6.04. The molecule has 13 heteroatoms. The fourth-order valence-electron chi connectivity index (χ4n) is 3.62. The van der Waals surface area contributed by atoms with Crippen molar-refractivity contribution in [3.8, 4) is 11.5 Å². The van der Waals surface area contributed by atoms with E-state index in [4.69, 9.17) is 4.74 Å². The summed E-state index contributed by atoms with van der Waals surface area (Å²) < 4.78 is 84.6. The molecule has 0 aliphatic rings. The minimum atomic E-state index is -5.09. The Bertz CT molecular complexity index is 1540. The van der Waals surface area contributed by atoms with E-state index >= 15 is 0 Å². The Hall–Kier alpha value is -4.68. The Balaban J connectivity index is 1.60. The van der Waals surface area contributed by atoms with Crippen LogP contribution in [-0.4, -0.2) is 15.8 Å². The molecule has 1 amide bonds. The van der Waals surface area contributed by atoms with Crippen LogP contribution in [-0.2, 0) is 12.4 Å².